The van der Waals surface area contributed by atoms with Crippen molar-refractivity contribution in [1.29, 1.82) is 4.78 Å². The van der Waals surface area contributed by atoms with Gasteiger partial charge in [-0.25, -0.2) is 28.7 Å². The van der Waals surface area contributed by atoms with Crippen LogP contribution in [0.5, 0.6) is 0 Å². The Morgan fingerprint density at radius 1 is 1.26 bits per heavy atom. The molecular weight excluding hydrogens is 424 g/mol. The average Bonchev–Trinajstić information content (AvgIpc) is 3.12. The fraction of sp³-hybridized carbons (Fsp3) is 0.500. The Balaban J connectivity index is 1.70. The van der Waals surface area contributed by atoms with Crippen molar-refractivity contribution in [1.82, 2.24) is 24.3 Å². The molecule has 4 rings (SSSR count). The summed E-state index contributed by atoms with van der Waals surface area (Å²) in [5.74, 6) is 1.91. The van der Waals surface area contributed by atoms with Crippen molar-refractivity contribution in [2.24, 2.45) is 11.8 Å². The number of nitrogens with one attached hydrogen (secondary N) is 1. The molecule has 0 aliphatic carbocycles. The number of anilines is 1. The van der Waals surface area contributed by atoms with E-state index in [2.05, 4.69) is 33.7 Å². The molecule has 0 aromatic carbocycles. The molecular formula is C20H25F2N7OS. The molecule has 4 atom stereocenters. The van der Waals surface area contributed by atoms with E-state index in [-0.39, 0.29) is 17.7 Å². The SMILES string of the molecule is CC1CC(CS(C)(=N)=O)C(C)N(c2ccnc(-c3cnc4cnc(C(F)F)cn34)n2)C1. The lowest BCUT2D eigenvalue weighted by molar-refractivity contribution is 0.145. The van der Waals surface area contributed by atoms with Crippen molar-refractivity contribution in [2.45, 2.75) is 32.7 Å². The van der Waals surface area contributed by atoms with Crippen LogP contribution in [0.2, 0.25) is 0 Å². The van der Waals surface area contributed by atoms with Crippen molar-refractivity contribution in [3.8, 4) is 11.5 Å². The van der Waals surface area contributed by atoms with Gasteiger partial charge in [0, 0.05) is 46.7 Å². The summed E-state index contributed by atoms with van der Waals surface area (Å²) in [6, 6.07) is 1.87. The van der Waals surface area contributed by atoms with Crippen LogP contribution in [0.1, 0.15) is 32.4 Å². The van der Waals surface area contributed by atoms with Crippen LogP contribution in [0.25, 0.3) is 17.2 Å². The van der Waals surface area contributed by atoms with Crippen molar-refractivity contribution < 1.29 is 13.0 Å². The largest absolute Gasteiger partial charge is 0.353 e. The van der Waals surface area contributed by atoms with Crippen LogP contribution < -0.4 is 4.90 Å². The first-order valence-corrected chi connectivity index (χ1v) is 12.2. The van der Waals surface area contributed by atoms with E-state index in [1.54, 1.807) is 12.4 Å². The second kappa shape index (κ2) is 8.10. The van der Waals surface area contributed by atoms with E-state index in [9.17, 15) is 13.0 Å². The highest BCUT2D eigenvalue weighted by molar-refractivity contribution is 7.91. The fourth-order valence-electron chi connectivity index (χ4n) is 4.28. The van der Waals surface area contributed by atoms with Crippen LogP contribution >= 0.6 is 0 Å². The molecule has 11 heteroatoms. The lowest BCUT2D eigenvalue weighted by Gasteiger charge is -2.43. The second-order valence-corrected chi connectivity index (χ2v) is 10.7. The highest BCUT2D eigenvalue weighted by Crippen LogP contribution is 2.32. The Bertz CT molecular complexity index is 1200. The van der Waals surface area contributed by atoms with Gasteiger partial charge in [0.25, 0.3) is 6.43 Å². The lowest BCUT2D eigenvalue weighted by atomic mass is 9.86. The molecule has 4 unspecified atom stereocenters. The first-order valence-electron chi connectivity index (χ1n) is 10.0. The van der Waals surface area contributed by atoms with Gasteiger partial charge in [0.2, 0.25) is 0 Å². The van der Waals surface area contributed by atoms with E-state index >= 15 is 0 Å². The van der Waals surface area contributed by atoms with Crippen molar-refractivity contribution in [3.63, 3.8) is 0 Å². The number of hydrogen-bond acceptors (Lipinski definition) is 7. The molecule has 4 heterocycles. The summed E-state index contributed by atoms with van der Waals surface area (Å²) < 4.78 is 47.7. The number of imidazole rings is 1. The smallest absolute Gasteiger partial charge is 0.281 e. The molecule has 1 saturated heterocycles. The van der Waals surface area contributed by atoms with E-state index in [1.807, 2.05) is 6.07 Å². The zero-order chi connectivity index (χ0) is 22.3. The molecule has 3 aromatic heterocycles. The summed E-state index contributed by atoms with van der Waals surface area (Å²) in [7, 11) is -2.60. The topological polar surface area (TPSA) is 100 Å². The first kappa shape index (κ1) is 21.5. The van der Waals surface area contributed by atoms with Gasteiger partial charge in [0.1, 0.15) is 17.2 Å². The molecule has 0 bridgehead atoms. The molecule has 0 saturated carbocycles. The minimum absolute atomic E-state index is 0.0573. The molecule has 31 heavy (non-hydrogen) atoms. The molecule has 0 amide bonds. The summed E-state index contributed by atoms with van der Waals surface area (Å²) >= 11 is 0. The van der Waals surface area contributed by atoms with Gasteiger partial charge in [-0.2, -0.15) is 0 Å². The number of rotatable bonds is 5. The number of halogens is 2. The summed E-state index contributed by atoms with van der Waals surface area (Å²) in [5, 5.41) is 0. The maximum atomic E-state index is 13.1. The van der Waals surface area contributed by atoms with Gasteiger partial charge < -0.3 is 4.90 Å². The van der Waals surface area contributed by atoms with Gasteiger partial charge in [-0.05, 0) is 31.2 Å². The Labute approximate surface area is 179 Å². The minimum Gasteiger partial charge on any atom is -0.353 e. The Morgan fingerprint density at radius 3 is 2.74 bits per heavy atom. The summed E-state index contributed by atoms with van der Waals surface area (Å²) in [4.78, 5) is 19.2. The number of aromatic nitrogens is 5. The van der Waals surface area contributed by atoms with E-state index in [0.717, 1.165) is 13.0 Å². The lowest BCUT2D eigenvalue weighted by Crippen LogP contribution is -2.49. The van der Waals surface area contributed by atoms with E-state index in [4.69, 9.17) is 9.76 Å². The number of fused-ring (bicyclic) bond motifs is 1. The second-order valence-electron chi connectivity index (χ2n) is 8.39. The summed E-state index contributed by atoms with van der Waals surface area (Å²) in [6.45, 7) is 4.99. The van der Waals surface area contributed by atoms with Gasteiger partial charge in [-0.1, -0.05) is 6.92 Å². The van der Waals surface area contributed by atoms with Crippen LogP contribution in [-0.2, 0) is 9.73 Å². The highest BCUT2D eigenvalue weighted by atomic mass is 32.2. The molecule has 1 aliphatic rings. The number of hydrogen-bond donors (Lipinski definition) is 1. The van der Waals surface area contributed by atoms with Crippen molar-refractivity contribution >= 4 is 21.2 Å². The maximum Gasteiger partial charge on any atom is 0.281 e. The minimum atomic E-state index is -2.69. The predicted molar refractivity (Wildman–Crippen MR) is 115 cm³/mol. The standard InChI is InChI=1S/C20H25F2N7OS/c1-12-6-14(11-31(3,23)30)13(2)28(9-12)17-4-5-24-20(27-17)16-7-26-18-8-25-15(19(21)22)10-29(16)18/h4-5,7-8,10,12-14,19,23H,6,9,11H2,1-3H3. The molecule has 1 N–H and O–H groups in total. The zero-order valence-electron chi connectivity index (χ0n) is 17.6. The van der Waals surface area contributed by atoms with Gasteiger partial charge in [0.15, 0.2) is 11.5 Å². The predicted octanol–water partition coefficient (Wildman–Crippen LogP) is 3.65. The monoisotopic (exact) mass is 449 g/mol. The Hall–Kier alpha value is -2.69. The van der Waals surface area contributed by atoms with Crippen LogP contribution in [0, 0.1) is 16.6 Å². The van der Waals surface area contributed by atoms with E-state index in [0.29, 0.717) is 34.7 Å². The van der Waals surface area contributed by atoms with E-state index in [1.165, 1.54) is 23.1 Å². The first-order chi connectivity index (χ1) is 14.6. The third-order valence-electron chi connectivity index (χ3n) is 5.72. The zero-order valence-corrected chi connectivity index (χ0v) is 18.4. The Kier molecular flexibility index (Phi) is 5.63. The van der Waals surface area contributed by atoms with Crippen LogP contribution in [0.4, 0.5) is 14.6 Å². The van der Waals surface area contributed by atoms with Crippen molar-refractivity contribution in [2.75, 3.05) is 23.5 Å². The number of alkyl halides is 2. The van der Waals surface area contributed by atoms with Crippen LogP contribution in [-0.4, -0.2) is 53.1 Å². The van der Waals surface area contributed by atoms with Gasteiger partial charge in [-0.15, -0.1) is 0 Å². The third-order valence-corrected chi connectivity index (χ3v) is 6.79. The molecule has 0 spiro atoms. The molecule has 8 nitrogen and oxygen atoms in total. The summed E-state index contributed by atoms with van der Waals surface area (Å²) in [5.41, 5.74) is 0.586. The normalized spacial score (nSPS) is 23.9. The number of piperidine rings is 1. The van der Waals surface area contributed by atoms with E-state index < -0.39 is 16.2 Å². The maximum absolute atomic E-state index is 13.1. The number of nitrogens with zero attached hydrogens (tertiary/aromatic N) is 6. The molecule has 1 fully saturated rings. The molecule has 166 valence electrons. The van der Waals surface area contributed by atoms with Gasteiger partial charge in [0.05, 0.1) is 12.4 Å². The molecule has 3 aromatic rings. The molecule has 1 aliphatic heterocycles. The summed E-state index contributed by atoms with van der Waals surface area (Å²) in [6.07, 6.45) is 5.45. The fourth-order valence-corrected chi connectivity index (χ4v) is 5.51. The highest BCUT2D eigenvalue weighted by Gasteiger charge is 2.33. The van der Waals surface area contributed by atoms with Crippen molar-refractivity contribution in [3.05, 3.63) is 36.5 Å². The van der Waals surface area contributed by atoms with Crippen LogP contribution in [0.15, 0.2) is 30.9 Å². The quantitative estimate of drug-likeness (QED) is 0.638. The van der Waals surface area contributed by atoms with Gasteiger partial charge >= 0.3 is 0 Å². The third kappa shape index (κ3) is 4.51. The van der Waals surface area contributed by atoms with Gasteiger partial charge in [-0.3, -0.25) is 13.4 Å². The van der Waals surface area contributed by atoms with Crippen LogP contribution in [0.3, 0.4) is 0 Å². The average molecular weight is 450 g/mol. The molecule has 0 radical (unpaired) electrons. The Morgan fingerprint density at radius 2 is 2.03 bits per heavy atom.